The quantitative estimate of drug-likeness (QED) is 0.330. The number of fused-ring (bicyclic) bond motifs is 1. The zero-order valence-corrected chi connectivity index (χ0v) is 20.0. The van der Waals surface area contributed by atoms with Gasteiger partial charge in [0.15, 0.2) is 0 Å². The second kappa shape index (κ2) is 10.1. The SMILES string of the molecule is Cc1[nH]c2ccc(Nc3nc(OCCCc4cccnc4)cc(N4CCCCC4)n3)cc2c1C. The van der Waals surface area contributed by atoms with Crippen LogP contribution in [-0.2, 0) is 6.42 Å². The van der Waals surface area contributed by atoms with Crippen LogP contribution in [0.1, 0.15) is 42.5 Å². The molecule has 7 heteroatoms. The number of anilines is 3. The Labute approximate surface area is 200 Å². The molecular weight excluding hydrogens is 424 g/mol. The molecular formula is C27H32N6O. The lowest BCUT2D eigenvalue weighted by molar-refractivity contribution is 0.299. The number of aryl methyl sites for hydroxylation is 3. The van der Waals surface area contributed by atoms with Gasteiger partial charge in [0, 0.05) is 53.8 Å². The highest BCUT2D eigenvalue weighted by Gasteiger charge is 2.16. The molecule has 0 aliphatic carbocycles. The third-order valence-corrected chi connectivity index (χ3v) is 6.52. The predicted molar refractivity (Wildman–Crippen MR) is 137 cm³/mol. The minimum absolute atomic E-state index is 0.564. The molecule has 0 radical (unpaired) electrons. The Morgan fingerprint density at radius 3 is 2.76 bits per heavy atom. The molecule has 1 fully saturated rings. The van der Waals surface area contributed by atoms with Gasteiger partial charge in [-0.15, -0.1) is 0 Å². The molecule has 1 aliphatic heterocycles. The van der Waals surface area contributed by atoms with Crippen molar-refractivity contribution in [3.8, 4) is 5.88 Å². The number of benzene rings is 1. The molecule has 4 heterocycles. The predicted octanol–water partition coefficient (Wildman–Crippen LogP) is 5.72. The van der Waals surface area contributed by atoms with Crippen LogP contribution in [0.3, 0.4) is 0 Å². The fourth-order valence-corrected chi connectivity index (χ4v) is 4.49. The zero-order chi connectivity index (χ0) is 23.3. The lowest BCUT2D eigenvalue weighted by atomic mass is 10.1. The van der Waals surface area contributed by atoms with E-state index in [-0.39, 0.29) is 0 Å². The molecule has 3 aromatic heterocycles. The standard InChI is InChI=1S/C27H32N6O/c1-19-20(2)29-24-11-10-22(16-23(19)24)30-27-31-25(33-13-4-3-5-14-33)17-26(32-27)34-15-7-9-21-8-6-12-28-18-21/h6,8,10-12,16-18,29H,3-5,7,9,13-15H2,1-2H3,(H,30,31,32). The highest BCUT2D eigenvalue weighted by atomic mass is 16.5. The first-order chi connectivity index (χ1) is 16.7. The average Bonchev–Trinajstić information content (AvgIpc) is 3.16. The van der Waals surface area contributed by atoms with Gasteiger partial charge >= 0.3 is 0 Å². The number of hydrogen-bond acceptors (Lipinski definition) is 6. The molecule has 0 saturated carbocycles. The molecule has 0 unspecified atom stereocenters. The number of rotatable bonds is 8. The lowest BCUT2D eigenvalue weighted by Crippen LogP contribution is -2.30. The zero-order valence-electron chi connectivity index (χ0n) is 20.0. The van der Waals surface area contributed by atoms with Gasteiger partial charge in [-0.05, 0) is 81.3 Å². The van der Waals surface area contributed by atoms with Crippen molar-refractivity contribution in [1.29, 1.82) is 0 Å². The van der Waals surface area contributed by atoms with Crippen molar-refractivity contribution >= 4 is 28.4 Å². The summed E-state index contributed by atoms with van der Waals surface area (Å²) in [5.74, 6) is 2.10. The molecule has 4 aromatic rings. The van der Waals surface area contributed by atoms with E-state index >= 15 is 0 Å². The minimum Gasteiger partial charge on any atom is -0.477 e. The van der Waals surface area contributed by atoms with Crippen LogP contribution in [0.15, 0.2) is 48.8 Å². The maximum Gasteiger partial charge on any atom is 0.232 e. The van der Waals surface area contributed by atoms with Crippen LogP contribution in [0, 0.1) is 13.8 Å². The number of H-pyrrole nitrogens is 1. The van der Waals surface area contributed by atoms with Crippen molar-refractivity contribution in [3.05, 3.63) is 65.6 Å². The van der Waals surface area contributed by atoms with Crippen molar-refractivity contribution in [2.24, 2.45) is 0 Å². The molecule has 34 heavy (non-hydrogen) atoms. The summed E-state index contributed by atoms with van der Waals surface area (Å²) < 4.78 is 6.09. The molecule has 7 nitrogen and oxygen atoms in total. The largest absolute Gasteiger partial charge is 0.477 e. The van der Waals surface area contributed by atoms with Gasteiger partial charge in [0.05, 0.1) is 6.61 Å². The van der Waals surface area contributed by atoms with E-state index in [1.807, 2.05) is 18.3 Å². The summed E-state index contributed by atoms with van der Waals surface area (Å²) in [5, 5.41) is 4.63. The first-order valence-electron chi connectivity index (χ1n) is 12.2. The van der Waals surface area contributed by atoms with E-state index < -0.39 is 0 Å². The second-order valence-corrected chi connectivity index (χ2v) is 9.01. The lowest BCUT2D eigenvalue weighted by Gasteiger charge is -2.28. The van der Waals surface area contributed by atoms with Gasteiger partial charge in [-0.1, -0.05) is 6.07 Å². The summed E-state index contributed by atoms with van der Waals surface area (Å²) in [6.45, 7) is 6.88. The van der Waals surface area contributed by atoms with Crippen molar-refractivity contribution in [1.82, 2.24) is 19.9 Å². The van der Waals surface area contributed by atoms with E-state index in [2.05, 4.69) is 63.3 Å². The van der Waals surface area contributed by atoms with Crippen LogP contribution in [0.5, 0.6) is 5.88 Å². The van der Waals surface area contributed by atoms with E-state index in [0.29, 0.717) is 18.4 Å². The Morgan fingerprint density at radius 1 is 1.06 bits per heavy atom. The smallest absolute Gasteiger partial charge is 0.232 e. The van der Waals surface area contributed by atoms with Crippen LogP contribution < -0.4 is 15.0 Å². The van der Waals surface area contributed by atoms with Gasteiger partial charge < -0.3 is 19.9 Å². The van der Waals surface area contributed by atoms with Gasteiger partial charge in [-0.2, -0.15) is 9.97 Å². The number of aromatic amines is 1. The Kier molecular flexibility index (Phi) is 6.60. The normalized spacial score (nSPS) is 13.9. The van der Waals surface area contributed by atoms with Gasteiger partial charge in [0.25, 0.3) is 0 Å². The van der Waals surface area contributed by atoms with Crippen LogP contribution in [0.4, 0.5) is 17.5 Å². The molecule has 1 aromatic carbocycles. The summed E-state index contributed by atoms with van der Waals surface area (Å²) in [7, 11) is 0. The summed E-state index contributed by atoms with van der Waals surface area (Å²) in [4.78, 5) is 19.5. The van der Waals surface area contributed by atoms with E-state index in [1.54, 1.807) is 6.20 Å². The molecule has 1 saturated heterocycles. The maximum atomic E-state index is 6.09. The fraction of sp³-hybridized carbons (Fsp3) is 0.370. The number of nitrogens with zero attached hydrogens (tertiary/aromatic N) is 4. The summed E-state index contributed by atoms with van der Waals surface area (Å²) >= 11 is 0. The summed E-state index contributed by atoms with van der Waals surface area (Å²) in [6, 6.07) is 12.4. The molecule has 176 valence electrons. The van der Waals surface area contributed by atoms with Gasteiger partial charge in [0.2, 0.25) is 11.8 Å². The minimum atomic E-state index is 0.564. The van der Waals surface area contributed by atoms with Crippen molar-refractivity contribution in [2.75, 3.05) is 29.9 Å². The first-order valence-corrected chi connectivity index (χ1v) is 12.2. The van der Waals surface area contributed by atoms with Gasteiger partial charge in [0.1, 0.15) is 5.82 Å². The first kappa shape index (κ1) is 22.2. The van der Waals surface area contributed by atoms with Crippen LogP contribution in [0.2, 0.25) is 0 Å². The van der Waals surface area contributed by atoms with Crippen LogP contribution in [0.25, 0.3) is 10.9 Å². The van der Waals surface area contributed by atoms with E-state index in [9.17, 15) is 0 Å². The number of nitrogens with one attached hydrogen (secondary N) is 2. The third-order valence-electron chi connectivity index (χ3n) is 6.52. The molecule has 5 rings (SSSR count). The van der Waals surface area contributed by atoms with Gasteiger partial charge in [-0.3, -0.25) is 4.98 Å². The summed E-state index contributed by atoms with van der Waals surface area (Å²) in [5.41, 5.74) is 5.78. The highest BCUT2D eigenvalue weighted by molar-refractivity contribution is 5.88. The molecule has 0 amide bonds. The average molecular weight is 457 g/mol. The Balaban J connectivity index is 1.34. The Hall–Kier alpha value is -3.61. The molecule has 0 bridgehead atoms. The van der Waals surface area contributed by atoms with E-state index in [0.717, 1.165) is 43.0 Å². The maximum absolute atomic E-state index is 6.09. The Bertz CT molecular complexity index is 1250. The van der Waals surface area contributed by atoms with Crippen LogP contribution >= 0.6 is 0 Å². The molecule has 0 spiro atoms. The molecule has 1 aliphatic rings. The second-order valence-electron chi connectivity index (χ2n) is 9.01. The molecule has 0 atom stereocenters. The van der Waals surface area contributed by atoms with Crippen molar-refractivity contribution in [3.63, 3.8) is 0 Å². The van der Waals surface area contributed by atoms with E-state index in [4.69, 9.17) is 9.72 Å². The van der Waals surface area contributed by atoms with Crippen LogP contribution in [-0.4, -0.2) is 39.6 Å². The monoisotopic (exact) mass is 456 g/mol. The fourth-order valence-electron chi connectivity index (χ4n) is 4.49. The van der Waals surface area contributed by atoms with Gasteiger partial charge in [-0.25, -0.2) is 0 Å². The number of pyridine rings is 1. The van der Waals surface area contributed by atoms with E-state index in [1.165, 1.54) is 41.5 Å². The Morgan fingerprint density at radius 2 is 1.94 bits per heavy atom. The number of aromatic nitrogens is 4. The summed E-state index contributed by atoms with van der Waals surface area (Å²) in [6.07, 6.45) is 9.20. The van der Waals surface area contributed by atoms with Crippen molar-refractivity contribution < 1.29 is 4.74 Å². The molecule has 2 N–H and O–H groups in total. The highest BCUT2D eigenvalue weighted by Crippen LogP contribution is 2.28. The third kappa shape index (κ3) is 5.14. The number of hydrogen-bond donors (Lipinski definition) is 2. The topological polar surface area (TPSA) is 79.0 Å². The number of ether oxygens (including phenoxy) is 1. The van der Waals surface area contributed by atoms with Crippen molar-refractivity contribution in [2.45, 2.75) is 46.0 Å². The number of piperidine rings is 1.